The topological polar surface area (TPSA) is 26.4 Å². The Balaban J connectivity index is 1.95. The van der Waals surface area contributed by atoms with Crippen LogP contribution in [0.1, 0.15) is 5.56 Å². The molecule has 0 amide bonds. The number of aromatic nitrogens is 2. The maximum atomic E-state index is 14.7. The fourth-order valence-electron chi connectivity index (χ4n) is 3.68. The third-order valence-corrected chi connectivity index (χ3v) is 6.83. The lowest BCUT2D eigenvalue weighted by atomic mass is 10.1. The van der Waals surface area contributed by atoms with Gasteiger partial charge >= 0.3 is 0 Å². The molecule has 0 fully saturated rings. The van der Waals surface area contributed by atoms with E-state index in [-0.39, 0.29) is 17.9 Å². The number of benzene rings is 3. The molecule has 3 nitrogen and oxygen atoms in total. The number of rotatable bonds is 3. The van der Waals surface area contributed by atoms with Crippen LogP contribution in [0.2, 0.25) is 5.02 Å². The Morgan fingerprint density at radius 1 is 0.967 bits per heavy atom. The van der Waals surface area contributed by atoms with Crippen molar-refractivity contribution in [3.05, 3.63) is 104 Å². The number of para-hydroxylation sites is 1. The Hall–Kier alpha value is -2.80. The molecule has 7 heteroatoms. The highest BCUT2D eigenvalue weighted by Gasteiger charge is 2.20. The summed E-state index contributed by atoms with van der Waals surface area (Å²) in [5.74, 6) is -0.360. The zero-order valence-corrected chi connectivity index (χ0v) is 17.9. The van der Waals surface area contributed by atoms with E-state index in [2.05, 4.69) is 0 Å². The van der Waals surface area contributed by atoms with E-state index in [0.717, 1.165) is 5.56 Å². The molecule has 30 heavy (non-hydrogen) atoms. The van der Waals surface area contributed by atoms with Crippen LogP contribution in [0.3, 0.4) is 0 Å². The van der Waals surface area contributed by atoms with E-state index in [9.17, 15) is 9.18 Å². The molecule has 0 aliphatic carbocycles. The number of fused-ring (bicyclic) bond motifs is 3. The van der Waals surface area contributed by atoms with Crippen molar-refractivity contribution in [1.82, 2.24) is 8.97 Å². The predicted molar refractivity (Wildman–Crippen MR) is 124 cm³/mol. The Bertz CT molecular complexity index is 1550. The van der Waals surface area contributed by atoms with Gasteiger partial charge in [-0.05, 0) is 42.0 Å². The minimum atomic E-state index is -0.360. The van der Waals surface area contributed by atoms with Gasteiger partial charge in [-0.2, -0.15) is 0 Å². The van der Waals surface area contributed by atoms with E-state index in [1.165, 1.54) is 17.4 Å². The van der Waals surface area contributed by atoms with Crippen LogP contribution < -0.4 is 5.56 Å². The van der Waals surface area contributed by atoms with Crippen molar-refractivity contribution < 1.29 is 4.39 Å². The van der Waals surface area contributed by atoms with Crippen LogP contribution in [-0.2, 0) is 6.54 Å². The van der Waals surface area contributed by atoms with Crippen LogP contribution in [0.25, 0.3) is 27.0 Å². The van der Waals surface area contributed by atoms with Crippen molar-refractivity contribution in [2.24, 2.45) is 0 Å². The van der Waals surface area contributed by atoms with E-state index in [1.807, 2.05) is 40.8 Å². The van der Waals surface area contributed by atoms with Crippen LogP contribution in [-0.4, -0.2) is 8.97 Å². The van der Waals surface area contributed by atoms with Gasteiger partial charge in [0, 0.05) is 10.6 Å². The summed E-state index contributed by atoms with van der Waals surface area (Å²) in [6.07, 6.45) is 0. The molecule has 148 valence electrons. The van der Waals surface area contributed by atoms with Crippen LogP contribution in [0.15, 0.2) is 77.6 Å². The van der Waals surface area contributed by atoms with Gasteiger partial charge in [-0.15, -0.1) is 11.3 Å². The average Bonchev–Trinajstić information content (AvgIpc) is 3.09. The van der Waals surface area contributed by atoms with Gasteiger partial charge in [0.2, 0.25) is 0 Å². The molecule has 0 unspecified atom stereocenters. The first-order valence-corrected chi connectivity index (χ1v) is 10.8. The van der Waals surface area contributed by atoms with E-state index in [0.29, 0.717) is 36.0 Å². The quantitative estimate of drug-likeness (QED) is 0.290. The van der Waals surface area contributed by atoms with Crippen LogP contribution in [0.4, 0.5) is 4.39 Å². The second-order valence-electron chi connectivity index (χ2n) is 6.84. The molecule has 3 aromatic carbocycles. The van der Waals surface area contributed by atoms with Crippen molar-refractivity contribution >= 4 is 51.7 Å². The van der Waals surface area contributed by atoms with E-state index in [4.69, 9.17) is 23.8 Å². The number of thiazole rings is 1. The first-order valence-electron chi connectivity index (χ1n) is 9.21. The third kappa shape index (κ3) is 2.99. The molecule has 0 N–H and O–H groups in total. The summed E-state index contributed by atoms with van der Waals surface area (Å²) in [6, 6.07) is 21.2. The lowest BCUT2D eigenvalue weighted by Gasteiger charge is -2.14. The summed E-state index contributed by atoms with van der Waals surface area (Å²) < 4.78 is 18.7. The second kappa shape index (κ2) is 7.47. The summed E-state index contributed by atoms with van der Waals surface area (Å²) in [5, 5.41) is 1.11. The Morgan fingerprint density at radius 2 is 1.67 bits per heavy atom. The minimum absolute atomic E-state index is 0.170. The molecule has 0 atom stereocenters. The van der Waals surface area contributed by atoms with Crippen molar-refractivity contribution in [1.29, 1.82) is 0 Å². The first kappa shape index (κ1) is 19.2. The van der Waals surface area contributed by atoms with Gasteiger partial charge in [0.25, 0.3) is 5.56 Å². The molecule has 0 saturated carbocycles. The summed E-state index contributed by atoms with van der Waals surface area (Å²) in [5.41, 5.74) is 2.32. The molecule has 0 radical (unpaired) electrons. The number of hydrogen-bond acceptors (Lipinski definition) is 3. The Kier molecular flexibility index (Phi) is 4.77. The largest absolute Gasteiger partial charge is 0.288 e. The van der Waals surface area contributed by atoms with Crippen LogP contribution >= 0.6 is 35.2 Å². The number of hydrogen-bond donors (Lipinski definition) is 0. The molecule has 0 aliphatic rings. The number of nitrogens with zero attached hydrogens (tertiary/aromatic N) is 2. The highest BCUT2D eigenvalue weighted by molar-refractivity contribution is 7.73. The van der Waals surface area contributed by atoms with E-state index >= 15 is 0 Å². The molecule has 5 rings (SSSR count). The third-order valence-electron chi connectivity index (χ3n) is 5.07. The van der Waals surface area contributed by atoms with Crippen LogP contribution in [0, 0.1) is 9.77 Å². The maximum Gasteiger partial charge on any atom is 0.261 e. The van der Waals surface area contributed by atoms with Gasteiger partial charge < -0.3 is 0 Å². The van der Waals surface area contributed by atoms with Crippen molar-refractivity contribution in [2.75, 3.05) is 0 Å². The predicted octanol–water partition coefficient (Wildman–Crippen LogP) is 6.55. The Labute approximate surface area is 185 Å². The average molecular weight is 453 g/mol. The molecule has 0 spiro atoms. The molecular formula is C23H14ClFN2OS2. The van der Waals surface area contributed by atoms with Crippen molar-refractivity contribution in [3.8, 4) is 10.4 Å². The van der Waals surface area contributed by atoms with Crippen molar-refractivity contribution in [3.63, 3.8) is 0 Å². The van der Waals surface area contributed by atoms with Gasteiger partial charge in [0.05, 0.1) is 22.3 Å². The molecular weight excluding hydrogens is 439 g/mol. The molecule has 5 aromatic rings. The van der Waals surface area contributed by atoms with Gasteiger partial charge in [-0.1, -0.05) is 60.1 Å². The maximum absolute atomic E-state index is 14.7. The standard InChI is InChI=1S/C23H14ClFN2OS2/c24-17-10-4-1-7-14(17)13-26-21-20(15-8-2-5-11-18(15)25)30-23(29)27(21)19-12-6-3-9-16(19)22(26)28/h1-12H,13H2. The normalized spacial score (nSPS) is 11.4. The number of halogens is 2. The molecule has 0 bridgehead atoms. The minimum Gasteiger partial charge on any atom is -0.288 e. The summed E-state index contributed by atoms with van der Waals surface area (Å²) in [7, 11) is 0. The fraction of sp³-hybridized carbons (Fsp3) is 0.0435. The lowest BCUT2D eigenvalue weighted by Crippen LogP contribution is -2.24. The first-order chi connectivity index (χ1) is 14.6. The summed E-state index contributed by atoms with van der Waals surface area (Å²) >= 11 is 13.3. The highest BCUT2D eigenvalue weighted by Crippen LogP contribution is 2.35. The molecule has 0 aliphatic heterocycles. The smallest absolute Gasteiger partial charge is 0.261 e. The lowest BCUT2D eigenvalue weighted by molar-refractivity contribution is 0.631. The molecule has 0 saturated heterocycles. The van der Waals surface area contributed by atoms with Crippen LogP contribution in [0.5, 0.6) is 0 Å². The van der Waals surface area contributed by atoms with Crippen molar-refractivity contribution in [2.45, 2.75) is 6.54 Å². The van der Waals surface area contributed by atoms with Gasteiger partial charge in [0.15, 0.2) is 3.95 Å². The zero-order chi connectivity index (χ0) is 20.8. The van der Waals surface area contributed by atoms with Gasteiger partial charge in [-0.25, -0.2) is 4.39 Å². The highest BCUT2D eigenvalue weighted by atomic mass is 35.5. The SMILES string of the molecule is O=c1c2ccccc2n2c(=S)sc(-c3ccccc3F)c2n1Cc1ccccc1Cl. The summed E-state index contributed by atoms with van der Waals surface area (Å²) in [4.78, 5) is 14.1. The Morgan fingerprint density at radius 3 is 2.47 bits per heavy atom. The zero-order valence-electron chi connectivity index (χ0n) is 15.5. The second-order valence-corrected chi connectivity index (χ2v) is 8.89. The molecule has 2 heterocycles. The van der Waals surface area contributed by atoms with Gasteiger partial charge in [-0.3, -0.25) is 13.8 Å². The summed E-state index contributed by atoms with van der Waals surface area (Å²) in [6.45, 7) is 0.250. The molecule has 2 aromatic heterocycles. The van der Waals surface area contributed by atoms with E-state index in [1.54, 1.807) is 34.9 Å². The fourth-order valence-corrected chi connectivity index (χ4v) is 5.33. The monoisotopic (exact) mass is 452 g/mol. The van der Waals surface area contributed by atoms with E-state index < -0.39 is 0 Å². The van der Waals surface area contributed by atoms with Gasteiger partial charge in [0.1, 0.15) is 11.5 Å².